The van der Waals surface area contributed by atoms with Crippen LogP contribution in [-0.4, -0.2) is 37.1 Å². The molecule has 2 aromatic rings. The summed E-state index contributed by atoms with van der Waals surface area (Å²) in [6, 6.07) is 0. The molecule has 0 aromatic carbocycles. The van der Waals surface area contributed by atoms with E-state index in [9.17, 15) is 14.4 Å². The van der Waals surface area contributed by atoms with Crippen molar-refractivity contribution >= 4 is 45.3 Å². The van der Waals surface area contributed by atoms with E-state index in [1.807, 2.05) is 11.7 Å². The zero-order valence-electron chi connectivity index (χ0n) is 12.7. The van der Waals surface area contributed by atoms with Gasteiger partial charge in [-0.25, -0.2) is 4.98 Å². The van der Waals surface area contributed by atoms with Crippen LogP contribution in [0, 0.1) is 0 Å². The fourth-order valence-electron chi connectivity index (χ4n) is 2.84. The molecular formula is C14H13N5O3S2. The van der Waals surface area contributed by atoms with Crippen molar-refractivity contribution in [1.82, 2.24) is 20.1 Å². The van der Waals surface area contributed by atoms with E-state index in [2.05, 4.69) is 20.7 Å². The quantitative estimate of drug-likeness (QED) is 0.852. The Morgan fingerprint density at radius 1 is 1.46 bits per heavy atom. The number of amides is 3. The Hall–Kier alpha value is -2.20. The van der Waals surface area contributed by atoms with E-state index in [1.54, 1.807) is 6.20 Å². The summed E-state index contributed by atoms with van der Waals surface area (Å²) in [5, 5.41) is 8.60. The summed E-state index contributed by atoms with van der Waals surface area (Å²) in [6.45, 7) is 0. The number of carbonyl (C=O) groups excluding carboxylic acids is 3. The first-order valence-corrected chi connectivity index (χ1v) is 9.03. The molecule has 0 radical (unpaired) electrons. The minimum atomic E-state index is -0.669. The Kier molecular flexibility index (Phi) is 3.65. The van der Waals surface area contributed by atoms with Crippen molar-refractivity contribution in [3.63, 3.8) is 0 Å². The van der Waals surface area contributed by atoms with E-state index >= 15 is 0 Å². The number of thiazole rings is 1. The van der Waals surface area contributed by atoms with Gasteiger partial charge in [0.15, 0.2) is 5.13 Å². The molecule has 1 aliphatic carbocycles. The smallest absolute Gasteiger partial charge is 0.286 e. The van der Waals surface area contributed by atoms with Crippen LogP contribution in [-0.2, 0) is 29.5 Å². The van der Waals surface area contributed by atoms with E-state index in [0.717, 1.165) is 46.4 Å². The highest BCUT2D eigenvalue weighted by molar-refractivity contribution is 8.15. The van der Waals surface area contributed by atoms with Crippen LogP contribution in [0.4, 0.5) is 9.93 Å². The molecule has 1 aliphatic heterocycles. The number of thioether (sulfide) groups is 1. The molecule has 0 unspecified atom stereocenters. The highest BCUT2D eigenvalue weighted by atomic mass is 32.2. The molecular weight excluding hydrogens is 350 g/mol. The number of aromatic nitrogens is 3. The van der Waals surface area contributed by atoms with Gasteiger partial charge in [0.25, 0.3) is 5.24 Å². The highest BCUT2D eigenvalue weighted by Gasteiger charge is 2.33. The number of carbonyl (C=O) groups is 3. The number of nitrogens with zero attached hydrogens (tertiary/aromatic N) is 3. The predicted molar refractivity (Wildman–Crippen MR) is 89.9 cm³/mol. The highest BCUT2D eigenvalue weighted by Crippen LogP contribution is 2.37. The molecule has 124 valence electrons. The maximum absolute atomic E-state index is 12.1. The minimum absolute atomic E-state index is 0.0510. The molecule has 4 rings (SSSR count). The van der Waals surface area contributed by atoms with Gasteiger partial charge in [-0.05, 0) is 12.8 Å². The molecule has 1 saturated heterocycles. The molecule has 0 bridgehead atoms. The molecule has 1 fully saturated rings. The number of aryl methyl sites for hydroxylation is 2. The Bertz CT molecular complexity index is 872. The van der Waals surface area contributed by atoms with E-state index < -0.39 is 16.4 Å². The fourth-order valence-corrected chi connectivity index (χ4v) is 4.65. The van der Waals surface area contributed by atoms with Crippen molar-refractivity contribution in [3.8, 4) is 11.3 Å². The summed E-state index contributed by atoms with van der Waals surface area (Å²) in [5.74, 6) is -0.742. The number of fused-ring (bicyclic) bond motifs is 3. The minimum Gasteiger partial charge on any atom is -0.302 e. The van der Waals surface area contributed by atoms with Crippen molar-refractivity contribution in [3.05, 3.63) is 16.8 Å². The van der Waals surface area contributed by atoms with Crippen LogP contribution in [0.1, 0.15) is 17.0 Å². The van der Waals surface area contributed by atoms with E-state index in [4.69, 9.17) is 0 Å². The molecule has 24 heavy (non-hydrogen) atoms. The van der Waals surface area contributed by atoms with Gasteiger partial charge < -0.3 is 5.32 Å². The summed E-state index contributed by atoms with van der Waals surface area (Å²) in [7, 11) is 1.91. The second kappa shape index (κ2) is 5.71. The molecule has 3 heterocycles. The van der Waals surface area contributed by atoms with Gasteiger partial charge in [-0.15, -0.1) is 11.3 Å². The number of hydrogen-bond acceptors (Lipinski definition) is 7. The largest absolute Gasteiger partial charge is 0.302 e. The van der Waals surface area contributed by atoms with Crippen LogP contribution in [0.15, 0.2) is 6.20 Å². The van der Waals surface area contributed by atoms with Crippen molar-refractivity contribution in [2.75, 3.05) is 5.32 Å². The third kappa shape index (κ3) is 2.61. The van der Waals surface area contributed by atoms with E-state index in [-0.39, 0.29) is 12.3 Å². The van der Waals surface area contributed by atoms with Gasteiger partial charge >= 0.3 is 0 Å². The summed E-state index contributed by atoms with van der Waals surface area (Å²) >= 11 is 2.29. The Morgan fingerprint density at radius 2 is 2.29 bits per heavy atom. The second-order valence-corrected chi connectivity index (χ2v) is 7.81. The topological polar surface area (TPSA) is 106 Å². The number of rotatable bonds is 3. The van der Waals surface area contributed by atoms with Gasteiger partial charge in [-0.2, -0.15) is 5.10 Å². The lowest BCUT2D eigenvalue weighted by Crippen LogP contribution is -2.27. The maximum Gasteiger partial charge on any atom is 0.286 e. The summed E-state index contributed by atoms with van der Waals surface area (Å²) < 4.78 is 1.85. The fraction of sp³-hybridized carbons (Fsp3) is 0.357. The Labute approximate surface area is 145 Å². The van der Waals surface area contributed by atoms with Gasteiger partial charge in [0.05, 0.1) is 11.9 Å². The van der Waals surface area contributed by atoms with Crippen LogP contribution in [0.5, 0.6) is 0 Å². The lowest BCUT2D eigenvalue weighted by molar-refractivity contribution is -0.122. The predicted octanol–water partition coefficient (Wildman–Crippen LogP) is 1.32. The van der Waals surface area contributed by atoms with Gasteiger partial charge in [0.1, 0.15) is 5.25 Å². The van der Waals surface area contributed by atoms with Crippen LogP contribution < -0.4 is 10.6 Å². The Balaban J connectivity index is 1.49. The molecule has 3 amide bonds. The first-order chi connectivity index (χ1) is 11.5. The van der Waals surface area contributed by atoms with Crippen molar-refractivity contribution in [2.24, 2.45) is 7.05 Å². The molecule has 1 atom stereocenters. The molecule has 0 spiro atoms. The van der Waals surface area contributed by atoms with Gasteiger partial charge in [0, 0.05) is 29.6 Å². The van der Waals surface area contributed by atoms with Crippen LogP contribution in [0.3, 0.4) is 0 Å². The van der Waals surface area contributed by atoms with E-state index in [0.29, 0.717) is 5.13 Å². The Morgan fingerprint density at radius 3 is 3.04 bits per heavy atom. The third-order valence-electron chi connectivity index (χ3n) is 3.99. The standard InChI is InChI=1S/C14H13N5O3S2/c1-19-7-2-3-8-11(6(7)5-15-19)17-13(23-8)16-10(20)4-9-12(21)18-14(22)24-9/h5,9H,2-4H2,1H3,(H,16,17,20)(H,18,21,22)/t9-/m0/s1. The first kappa shape index (κ1) is 15.3. The average Bonchev–Trinajstić information content (AvgIpc) is 3.17. The summed E-state index contributed by atoms with van der Waals surface area (Å²) in [4.78, 5) is 40.4. The average molecular weight is 363 g/mol. The normalized spacial score (nSPS) is 19.0. The van der Waals surface area contributed by atoms with Crippen LogP contribution in [0.25, 0.3) is 11.3 Å². The second-order valence-electron chi connectivity index (χ2n) is 5.55. The monoisotopic (exact) mass is 363 g/mol. The van der Waals surface area contributed by atoms with Crippen molar-refractivity contribution in [2.45, 2.75) is 24.5 Å². The molecule has 10 heteroatoms. The van der Waals surface area contributed by atoms with Crippen LogP contribution >= 0.6 is 23.1 Å². The number of anilines is 1. The van der Waals surface area contributed by atoms with Crippen LogP contribution in [0.2, 0.25) is 0 Å². The molecule has 2 aliphatic rings. The first-order valence-electron chi connectivity index (χ1n) is 7.33. The SMILES string of the molecule is Cn1ncc2c1CCc1sc(NC(=O)C[C@@H]3SC(=O)NC3=O)nc1-2. The van der Waals surface area contributed by atoms with Crippen molar-refractivity contribution < 1.29 is 14.4 Å². The zero-order valence-corrected chi connectivity index (χ0v) is 14.3. The lowest BCUT2D eigenvalue weighted by atomic mass is 10.0. The zero-order chi connectivity index (χ0) is 16.8. The number of imide groups is 1. The number of nitrogens with one attached hydrogen (secondary N) is 2. The molecule has 8 nitrogen and oxygen atoms in total. The third-order valence-corrected chi connectivity index (χ3v) is 6.00. The van der Waals surface area contributed by atoms with Crippen molar-refractivity contribution in [1.29, 1.82) is 0 Å². The van der Waals surface area contributed by atoms with Gasteiger partial charge in [0.2, 0.25) is 11.8 Å². The number of hydrogen-bond donors (Lipinski definition) is 2. The van der Waals surface area contributed by atoms with Gasteiger partial charge in [-0.1, -0.05) is 11.8 Å². The van der Waals surface area contributed by atoms with Gasteiger partial charge in [-0.3, -0.25) is 24.4 Å². The molecule has 2 N–H and O–H groups in total. The summed E-state index contributed by atoms with van der Waals surface area (Å²) in [5.41, 5.74) is 3.02. The molecule has 0 saturated carbocycles. The van der Waals surface area contributed by atoms with E-state index in [1.165, 1.54) is 11.3 Å². The lowest BCUT2D eigenvalue weighted by Gasteiger charge is -2.10. The maximum atomic E-state index is 12.1. The molecule has 2 aromatic heterocycles. The summed E-state index contributed by atoms with van der Waals surface area (Å²) in [6.07, 6.45) is 3.51.